The minimum atomic E-state index is -2.95. The van der Waals surface area contributed by atoms with Crippen LogP contribution in [0, 0.1) is 6.92 Å². The lowest BCUT2D eigenvalue weighted by atomic mass is 10.2. The van der Waals surface area contributed by atoms with E-state index in [2.05, 4.69) is 44.2 Å². The maximum absolute atomic E-state index is 12.6. The summed E-state index contributed by atoms with van der Waals surface area (Å²) in [5.74, 6) is -0.0507. The number of aryl methyl sites for hydroxylation is 1. The highest BCUT2D eigenvalue weighted by Gasteiger charge is 2.22. The number of carbonyl (C=O) groups excluding carboxylic acids is 1. The van der Waals surface area contributed by atoms with Gasteiger partial charge in [0, 0.05) is 44.5 Å². The lowest BCUT2D eigenvalue weighted by Crippen LogP contribution is -2.52. The number of hydrogen-bond acceptors (Lipinski definition) is 4. The monoisotopic (exact) mass is 418 g/mol. The number of para-hydroxylation sites is 2. The molecule has 2 amide bonds. The second kappa shape index (κ2) is 10.2. The second-order valence-electron chi connectivity index (χ2n) is 7.37. The Hall–Kier alpha value is -2.87. The normalized spacial score (nSPS) is 15.7. The fourth-order valence-corrected chi connectivity index (χ4v) is 3.58. The van der Waals surface area contributed by atoms with Gasteiger partial charge in [-0.3, -0.25) is 4.90 Å². The molecule has 1 atom stereocenters. The Morgan fingerprint density at radius 2 is 1.77 bits per heavy atom. The van der Waals surface area contributed by atoms with Crippen molar-refractivity contribution in [3.63, 3.8) is 0 Å². The average Bonchev–Trinajstić information content (AvgIpc) is 2.75. The van der Waals surface area contributed by atoms with E-state index < -0.39 is 12.6 Å². The van der Waals surface area contributed by atoms with Gasteiger partial charge < -0.3 is 20.3 Å². The molecule has 1 fully saturated rings. The molecule has 1 heterocycles. The third-order valence-electron chi connectivity index (χ3n) is 5.31. The number of rotatable bonds is 7. The minimum Gasteiger partial charge on any atom is -0.433 e. The quantitative estimate of drug-likeness (QED) is 0.716. The summed E-state index contributed by atoms with van der Waals surface area (Å²) in [5.41, 5.74) is 2.12. The summed E-state index contributed by atoms with van der Waals surface area (Å²) in [5, 5.41) is 5.47. The molecule has 6 nitrogen and oxygen atoms in total. The molecule has 0 aliphatic carbocycles. The van der Waals surface area contributed by atoms with E-state index in [1.54, 1.807) is 19.1 Å². The Morgan fingerprint density at radius 3 is 2.43 bits per heavy atom. The number of urea groups is 1. The molecule has 0 spiro atoms. The molecule has 2 aromatic rings. The number of hydrogen-bond donors (Lipinski definition) is 2. The number of anilines is 2. The van der Waals surface area contributed by atoms with Gasteiger partial charge in [0.15, 0.2) is 0 Å². The SMILES string of the molecule is Cc1cccc(OC(F)F)c1NC(=O)NCC(C)N1CCN(c2ccccc2)CC1. The highest BCUT2D eigenvalue weighted by Crippen LogP contribution is 2.29. The van der Waals surface area contributed by atoms with Crippen LogP contribution >= 0.6 is 0 Å². The summed E-state index contributed by atoms with van der Waals surface area (Å²) >= 11 is 0. The maximum Gasteiger partial charge on any atom is 0.387 e. The van der Waals surface area contributed by atoms with Crippen molar-refractivity contribution in [3.05, 3.63) is 54.1 Å². The number of carbonyl (C=O) groups is 1. The van der Waals surface area contributed by atoms with Crippen LogP contribution in [0.1, 0.15) is 12.5 Å². The molecule has 30 heavy (non-hydrogen) atoms. The van der Waals surface area contributed by atoms with Gasteiger partial charge in [0.05, 0.1) is 5.69 Å². The molecule has 1 aliphatic rings. The predicted octanol–water partition coefficient (Wildman–Crippen LogP) is 3.93. The minimum absolute atomic E-state index is 0.0507. The third-order valence-corrected chi connectivity index (χ3v) is 5.31. The fourth-order valence-electron chi connectivity index (χ4n) is 3.58. The molecule has 0 radical (unpaired) electrons. The molecule has 1 aliphatic heterocycles. The van der Waals surface area contributed by atoms with Crippen molar-refractivity contribution in [3.8, 4) is 5.75 Å². The van der Waals surface area contributed by atoms with Crippen molar-refractivity contribution in [2.45, 2.75) is 26.5 Å². The van der Waals surface area contributed by atoms with Gasteiger partial charge >= 0.3 is 12.6 Å². The van der Waals surface area contributed by atoms with Gasteiger partial charge in [-0.25, -0.2) is 4.79 Å². The first-order chi connectivity index (χ1) is 14.4. The highest BCUT2D eigenvalue weighted by atomic mass is 19.3. The molecule has 1 unspecified atom stereocenters. The number of amides is 2. The third kappa shape index (κ3) is 5.82. The van der Waals surface area contributed by atoms with Crippen LogP contribution in [0.4, 0.5) is 25.0 Å². The topological polar surface area (TPSA) is 56.8 Å². The molecule has 1 saturated heterocycles. The van der Waals surface area contributed by atoms with Gasteiger partial charge in [-0.2, -0.15) is 8.78 Å². The van der Waals surface area contributed by atoms with Gasteiger partial charge in [-0.15, -0.1) is 0 Å². The van der Waals surface area contributed by atoms with Crippen LogP contribution in [-0.2, 0) is 0 Å². The van der Waals surface area contributed by atoms with Crippen LogP contribution in [0.3, 0.4) is 0 Å². The van der Waals surface area contributed by atoms with E-state index in [1.165, 1.54) is 11.8 Å². The van der Waals surface area contributed by atoms with Gasteiger partial charge in [0.2, 0.25) is 0 Å². The Balaban J connectivity index is 1.48. The number of nitrogens with one attached hydrogen (secondary N) is 2. The lowest BCUT2D eigenvalue weighted by Gasteiger charge is -2.39. The molecule has 0 bridgehead atoms. The molecule has 2 aromatic carbocycles. The molecule has 2 N–H and O–H groups in total. The van der Waals surface area contributed by atoms with E-state index in [0.717, 1.165) is 26.2 Å². The summed E-state index contributed by atoms with van der Waals surface area (Å²) in [7, 11) is 0. The summed E-state index contributed by atoms with van der Waals surface area (Å²) in [6.45, 7) is 4.96. The van der Waals surface area contributed by atoms with Crippen LogP contribution in [0.15, 0.2) is 48.5 Å². The van der Waals surface area contributed by atoms with Gasteiger partial charge in [-0.1, -0.05) is 30.3 Å². The molecular weight excluding hydrogens is 390 g/mol. The molecule has 162 valence electrons. The number of nitrogens with zero attached hydrogens (tertiary/aromatic N) is 2. The Labute approximate surface area is 175 Å². The van der Waals surface area contributed by atoms with Gasteiger partial charge in [-0.05, 0) is 37.6 Å². The van der Waals surface area contributed by atoms with E-state index in [9.17, 15) is 13.6 Å². The summed E-state index contributed by atoms with van der Waals surface area (Å²) in [4.78, 5) is 17.0. The Kier molecular flexibility index (Phi) is 7.46. The number of halogens is 2. The van der Waals surface area contributed by atoms with Crippen LogP contribution in [0.25, 0.3) is 0 Å². The number of piperazine rings is 1. The van der Waals surface area contributed by atoms with E-state index in [0.29, 0.717) is 12.1 Å². The zero-order valence-corrected chi connectivity index (χ0v) is 17.3. The van der Waals surface area contributed by atoms with Crippen molar-refractivity contribution in [1.29, 1.82) is 0 Å². The molecule has 0 aromatic heterocycles. The molecule has 8 heteroatoms. The number of ether oxygens (including phenoxy) is 1. The standard InChI is InChI=1S/C22H28F2N4O2/c1-16-7-6-10-19(30-21(23)24)20(16)26-22(29)25-15-17(2)27-11-13-28(14-12-27)18-8-4-3-5-9-18/h3-10,17,21H,11-15H2,1-2H3,(H2,25,26,29). The molecular formula is C22H28F2N4O2. The van der Waals surface area contributed by atoms with E-state index >= 15 is 0 Å². The summed E-state index contributed by atoms with van der Waals surface area (Å²) in [6.07, 6.45) is 0. The second-order valence-corrected chi connectivity index (χ2v) is 7.37. The van der Waals surface area contributed by atoms with Crippen molar-refractivity contribution >= 4 is 17.4 Å². The molecule has 3 rings (SSSR count). The van der Waals surface area contributed by atoms with E-state index in [1.807, 2.05) is 18.2 Å². The van der Waals surface area contributed by atoms with Crippen molar-refractivity contribution in [2.24, 2.45) is 0 Å². The Morgan fingerprint density at radius 1 is 1.07 bits per heavy atom. The number of benzene rings is 2. The zero-order chi connectivity index (χ0) is 21.5. The first-order valence-electron chi connectivity index (χ1n) is 10.1. The van der Waals surface area contributed by atoms with Crippen molar-refractivity contribution < 1.29 is 18.3 Å². The van der Waals surface area contributed by atoms with Crippen LogP contribution in [0.5, 0.6) is 5.75 Å². The van der Waals surface area contributed by atoms with Crippen molar-refractivity contribution in [2.75, 3.05) is 42.9 Å². The number of alkyl halides is 2. The zero-order valence-electron chi connectivity index (χ0n) is 17.3. The van der Waals surface area contributed by atoms with E-state index in [4.69, 9.17) is 0 Å². The smallest absolute Gasteiger partial charge is 0.387 e. The average molecular weight is 418 g/mol. The highest BCUT2D eigenvalue weighted by molar-refractivity contribution is 5.91. The fraction of sp³-hybridized carbons (Fsp3) is 0.409. The predicted molar refractivity (Wildman–Crippen MR) is 115 cm³/mol. The first-order valence-corrected chi connectivity index (χ1v) is 10.1. The van der Waals surface area contributed by atoms with Gasteiger partial charge in [0.1, 0.15) is 5.75 Å². The van der Waals surface area contributed by atoms with Gasteiger partial charge in [0.25, 0.3) is 0 Å². The van der Waals surface area contributed by atoms with Crippen LogP contribution in [0.2, 0.25) is 0 Å². The Bertz CT molecular complexity index is 827. The van der Waals surface area contributed by atoms with Crippen molar-refractivity contribution in [1.82, 2.24) is 10.2 Å². The lowest BCUT2D eigenvalue weighted by molar-refractivity contribution is -0.0493. The molecule has 0 saturated carbocycles. The summed E-state index contributed by atoms with van der Waals surface area (Å²) in [6, 6.07) is 14.8. The first kappa shape index (κ1) is 21.8. The van der Waals surface area contributed by atoms with Crippen LogP contribution in [-0.4, -0.2) is 56.3 Å². The largest absolute Gasteiger partial charge is 0.433 e. The van der Waals surface area contributed by atoms with Crippen LogP contribution < -0.4 is 20.3 Å². The maximum atomic E-state index is 12.6. The summed E-state index contributed by atoms with van der Waals surface area (Å²) < 4.78 is 29.7. The van der Waals surface area contributed by atoms with E-state index in [-0.39, 0.29) is 17.5 Å².